The highest BCUT2D eigenvalue weighted by Crippen LogP contribution is 2.59. The molecule has 0 radical (unpaired) electrons. The van der Waals surface area contributed by atoms with Crippen LogP contribution in [0, 0.1) is 30.1 Å². The second kappa shape index (κ2) is 8.29. The molecule has 4 aliphatic rings. The Hall–Kier alpha value is -1.56. The molecule has 160 valence electrons. The van der Waals surface area contributed by atoms with Gasteiger partial charge in [0, 0.05) is 13.1 Å². The van der Waals surface area contributed by atoms with Crippen molar-refractivity contribution in [2.24, 2.45) is 23.2 Å². The summed E-state index contributed by atoms with van der Waals surface area (Å²) in [7, 11) is 0. The molecule has 0 spiro atoms. The van der Waals surface area contributed by atoms with Crippen LogP contribution >= 0.6 is 11.6 Å². The van der Waals surface area contributed by atoms with E-state index < -0.39 is 5.97 Å². The summed E-state index contributed by atoms with van der Waals surface area (Å²) in [6.45, 7) is 4.91. The van der Waals surface area contributed by atoms with Crippen LogP contribution < -0.4 is 5.32 Å². The molecule has 4 fully saturated rings. The molecular weight excluding hydrogens is 390 g/mol. The Kier molecular flexibility index (Phi) is 5.92. The lowest BCUT2D eigenvalue weighted by atomic mass is 9.49. The molecule has 1 aromatic heterocycles. The van der Waals surface area contributed by atoms with Crippen molar-refractivity contribution in [3.63, 3.8) is 0 Å². The van der Waals surface area contributed by atoms with Crippen LogP contribution in [0.4, 0.5) is 0 Å². The number of rotatable bonds is 8. The number of aromatic nitrogens is 2. The first kappa shape index (κ1) is 20.7. The van der Waals surface area contributed by atoms with Crippen LogP contribution in [0.3, 0.4) is 0 Å². The molecule has 5 rings (SSSR count). The summed E-state index contributed by atoms with van der Waals surface area (Å²) < 4.78 is 6.88. The number of aryl methyl sites for hydroxylation is 2. The lowest BCUT2D eigenvalue weighted by Gasteiger charge is -2.56. The van der Waals surface area contributed by atoms with E-state index in [1.165, 1.54) is 38.5 Å². The molecule has 0 saturated heterocycles. The summed E-state index contributed by atoms with van der Waals surface area (Å²) in [5, 5.41) is 7.65. The molecule has 1 N–H and O–H groups in total. The minimum atomic E-state index is -0.583. The Bertz CT molecular complexity index is 753. The van der Waals surface area contributed by atoms with Crippen LogP contribution in [0.1, 0.15) is 74.3 Å². The second-order valence-electron chi connectivity index (χ2n) is 9.60. The van der Waals surface area contributed by atoms with E-state index >= 15 is 0 Å². The van der Waals surface area contributed by atoms with Crippen molar-refractivity contribution in [2.45, 2.75) is 71.8 Å². The van der Waals surface area contributed by atoms with Gasteiger partial charge in [-0.1, -0.05) is 24.9 Å². The van der Waals surface area contributed by atoms with Crippen LogP contribution in [0.15, 0.2) is 0 Å². The fourth-order valence-corrected chi connectivity index (χ4v) is 6.62. The Morgan fingerprint density at radius 1 is 1.21 bits per heavy atom. The van der Waals surface area contributed by atoms with Gasteiger partial charge in [0.2, 0.25) is 0 Å². The van der Waals surface area contributed by atoms with Gasteiger partial charge >= 0.3 is 5.97 Å². The van der Waals surface area contributed by atoms with E-state index in [0.29, 0.717) is 18.8 Å². The predicted molar refractivity (Wildman–Crippen MR) is 111 cm³/mol. The monoisotopic (exact) mass is 421 g/mol. The number of nitrogens with one attached hydrogen (secondary N) is 1. The first-order valence-corrected chi connectivity index (χ1v) is 11.4. The molecule has 0 aromatic carbocycles. The highest BCUT2D eigenvalue weighted by molar-refractivity contribution is 6.32. The topological polar surface area (TPSA) is 73.2 Å². The zero-order valence-electron chi connectivity index (χ0n) is 17.5. The summed E-state index contributed by atoms with van der Waals surface area (Å²) in [5.74, 6) is 1.74. The number of nitrogens with zero attached hydrogens (tertiary/aromatic N) is 2. The molecule has 4 saturated carbocycles. The Balaban J connectivity index is 1.28. The summed E-state index contributed by atoms with van der Waals surface area (Å²) in [5.41, 5.74) is 1.07. The fraction of sp³-hybridized carbons (Fsp3) is 0.773. The van der Waals surface area contributed by atoms with Gasteiger partial charge in [-0.2, -0.15) is 5.10 Å². The Morgan fingerprint density at radius 3 is 2.41 bits per heavy atom. The Labute approximate surface area is 177 Å². The van der Waals surface area contributed by atoms with Crippen molar-refractivity contribution in [3.8, 4) is 0 Å². The van der Waals surface area contributed by atoms with Crippen LogP contribution in [0.25, 0.3) is 0 Å². The maximum absolute atomic E-state index is 12.5. The highest BCUT2D eigenvalue weighted by Gasteiger charge is 2.50. The smallest absolute Gasteiger partial charge is 0.343 e. The molecule has 0 atom stereocenters. The molecule has 1 amide bonds. The average Bonchev–Trinajstić information content (AvgIpc) is 2.95. The molecule has 4 aliphatic carbocycles. The van der Waals surface area contributed by atoms with Gasteiger partial charge < -0.3 is 10.1 Å². The van der Waals surface area contributed by atoms with Gasteiger partial charge in [-0.15, -0.1) is 0 Å². The third kappa shape index (κ3) is 4.32. The van der Waals surface area contributed by atoms with Gasteiger partial charge in [-0.25, -0.2) is 4.79 Å². The molecule has 1 heterocycles. The van der Waals surface area contributed by atoms with Gasteiger partial charge in [0.05, 0.1) is 5.69 Å². The summed E-state index contributed by atoms with van der Waals surface area (Å²) in [4.78, 5) is 24.8. The van der Waals surface area contributed by atoms with Crippen LogP contribution in [0.5, 0.6) is 0 Å². The third-order valence-corrected chi connectivity index (χ3v) is 7.54. The van der Waals surface area contributed by atoms with E-state index in [0.717, 1.165) is 30.6 Å². The van der Waals surface area contributed by atoms with Crippen molar-refractivity contribution in [2.75, 3.05) is 13.2 Å². The maximum atomic E-state index is 12.5. The molecular formula is C22H32ClN3O3. The lowest BCUT2D eigenvalue weighted by molar-refractivity contribution is -0.126. The van der Waals surface area contributed by atoms with E-state index in [1.54, 1.807) is 11.6 Å². The van der Waals surface area contributed by atoms with Crippen molar-refractivity contribution in [1.82, 2.24) is 15.1 Å². The number of esters is 1. The highest BCUT2D eigenvalue weighted by atomic mass is 35.5. The van der Waals surface area contributed by atoms with E-state index in [4.69, 9.17) is 16.3 Å². The predicted octanol–water partition coefficient (Wildman–Crippen LogP) is 4.13. The number of ether oxygens (including phenoxy) is 1. The number of hydrogen-bond acceptors (Lipinski definition) is 4. The minimum absolute atomic E-state index is 0.235. The van der Waals surface area contributed by atoms with Crippen molar-refractivity contribution in [3.05, 3.63) is 16.4 Å². The minimum Gasteiger partial charge on any atom is -0.452 e. The maximum Gasteiger partial charge on any atom is 0.343 e. The molecule has 6 nitrogen and oxygen atoms in total. The van der Waals surface area contributed by atoms with Crippen molar-refractivity contribution >= 4 is 23.5 Å². The van der Waals surface area contributed by atoms with E-state index in [-0.39, 0.29) is 28.6 Å². The fourth-order valence-electron chi connectivity index (χ4n) is 6.29. The zero-order chi connectivity index (χ0) is 20.6. The largest absolute Gasteiger partial charge is 0.452 e. The molecule has 1 aromatic rings. The van der Waals surface area contributed by atoms with Crippen LogP contribution in [-0.2, 0) is 16.1 Å². The first-order chi connectivity index (χ1) is 13.9. The van der Waals surface area contributed by atoms with Gasteiger partial charge in [0.1, 0.15) is 10.7 Å². The number of carbonyl (C=O) groups is 2. The molecule has 29 heavy (non-hydrogen) atoms. The van der Waals surface area contributed by atoms with Crippen molar-refractivity contribution < 1.29 is 14.3 Å². The van der Waals surface area contributed by atoms with Gasteiger partial charge in [-0.05, 0) is 75.0 Å². The van der Waals surface area contributed by atoms with Gasteiger partial charge in [-0.3, -0.25) is 9.48 Å². The first-order valence-electron chi connectivity index (χ1n) is 11.1. The molecule has 0 unspecified atom stereocenters. The number of amides is 1. The third-order valence-electron chi connectivity index (χ3n) is 7.15. The second-order valence-corrected chi connectivity index (χ2v) is 9.96. The molecule has 0 aliphatic heterocycles. The molecule has 4 bridgehead atoms. The van der Waals surface area contributed by atoms with Crippen LogP contribution in [0.2, 0.25) is 5.15 Å². The SMILES string of the molecule is CCCCn1nc(C)c(C(=O)OCC(=O)NCC23CC4CC(CC(C4)C2)C3)c1Cl. The van der Waals surface area contributed by atoms with E-state index in [2.05, 4.69) is 17.3 Å². The number of carbonyl (C=O) groups excluding carboxylic acids is 2. The summed E-state index contributed by atoms with van der Waals surface area (Å²) >= 11 is 6.31. The lowest BCUT2D eigenvalue weighted by Crippen LogP contribution is -2.51. The quantitative estimate of drug-likeness (QED) is 0.640. The van der Waals surface area contributed by atoms with Crippen LogP contribution in [-0.4, -0.2) is 34.8 Å². The van der Waals surface area contributed by atoms with Crippen molar-refractivity contribution in [1.29, 1.82) is 0 Å². The number of unbranched alkanes of at least 4 members (excludes halogenated alkanes) is 1. The summed E-state index contributed by atoms with van der Waals surface area (Å²) in [6, 6.07) is 0. The van der Waals surface area contributed by atoms with E-state index in [9.17, 15) is 9.59 Å². The van der Waals surface area contributed by atoms with E-state index in [1.807, 2.05) is 0 Å². The summed E-state index contributed by atoms with van der Waals surface area (Å²) in [6.07, 6.45) is 9.83. The zero-order valence-corrected chi connectivity index (χ0v) is 18.3. The normalized spacial score (nSPS) is 29.8. The standard InChI is InChI=1S/C22H32ClN3O3/c1-3-4-5-26-20(23)19(14(2)25-26)21(28)29-12-18(27)24-13-22-9-15-6-16(10-22)8-17(7-15)11-22/h15-17H,3-13H2,1-2H3,(H,24,27). The number of hydrogen-bond donors (Lipinski definition) is 1. The Morgan fingerprint density at radius 2 is 1.83 bits per heavy atom. The van der Waals surface area contributed by atoms with Gasteiger partial charge in [0.15, 0.2) is 6.61 Å². The van der Waals surface area contributed by atoms with Gasteiger partial charge in [0.25, 0.3) is 5.91 Å². The number of halogens is 1. The average molecular weight is 422 g/mol. The molecule has 7 heteroatoms.